The number of rotatable bonds is 6. The monoisotopic (exact) mass is 430 g/mol. The molecule has 166 valence electrons. The third-order valence-electron chi connectivity index (χ3n) is 6.78. The van der Waals surface area contributed by atoms with Gasteiger partial charge in [-0.05, 0) is 80.5 Å². The molecule has 2 aromatic carbocycles. The molecular weight excluding hydrogens is 400 g/mol. The van der Waals surface area contributed by atoms with Gasteiger partial charge in [-0.25, -0.2) is 0 Å². The van der Waals surface area contributed by atoms with Crippen molar-refractivity contribution in [3.8, 4) is 11.1 Å². The smallest absolute Gasteiger partial charge is 0.254 e. The van der Waals surface area contributed by atoms with Crippen molar-refractivity contribution >= 4 is 22.8 Å². The minimum atomic E-state index is 0.0591. The summed E-state index contributed by atoms with van der Waals surface area (Å²) in [6.45, 7) is 6.43. The van der Waals surface area contributed by atoms with E-state index in [0.29, 0.717) is 23.9 Å². The molecule has 1 unspecified atom stereocenters. The zero-order valence-electron chi connectivity index (χ0n) is 18.8. The Morgan fingerprint density at radius 3 is 2.50 bits per heavy atom. The molecule has 3 aromatic rings. The van der Waals surface area contributed by atoms with E-state index in [0.717, 1.165) is 54.4 Å². The highest BCUT2D eigenvalue weighted by Gasteiger charge is 2.37. The van der Waals surface area contributed by atoms with Gasteiger partial charge in [0, 0.05) is 42.5 Å². The predicted molar refractivity (Wildman–Crippen MR) is 125 cm³/mol. The number of benzene rings is 2. The minimum absolute atomic E-state index is 0.0591. The Labute approximate surface area is 189 Å². The molecule has 0 N–H and O–H groups in total. The number of likely N-dealkylation sites (tertiary alicyclic amines) is 1. The van der Waals surface area contributed by atoms with Crippen molar-refractivity contribution in [3.05, 3.63) is 60.4 Å². The summed E-state index contributed by atoms with van der Waals surface area (Å²) < 4.78 is 5.43. The fourth-order valence-electron chi connectivity index (χ4n) is 4.69. The maximum Gasteiger partial charge on any atom is 0.254 e. The number of hydrogen-bond donors (Lipinski definition) is 0. The van der Waals surface area contributed by atoms with Crippen LogP contribution in [-0.4, -0.2) is 47.3 Å². The predicted octanol–water partition coefficient (Wildman–Crippen LogP) is 5.21. The van der Waals surface area contributed by atoms with Crippen molar-refractivity contribution in [2.45, 2.75) is 39.2 Å². The summed E-state index contributed by atoms with van der Waals surface area (Å²) in [5.74, 6) is 0.997. The van der Waals surface area contributed by atoms with Gasteiger partial charge in [-0.1, -0.05) is 18.2 Å². The standard InChI is InChI=1S/C27H30N2O3/c1-18(2)29(17-19-11-13-28(16-19)26(30)21-7-8-21)27(31)22-5-3-20(4-6-22)23-9-10-25-24(15-23)12-14-32-25/h3-6,9-10,12,14-15,18-19,21H,7-8,11,13,16-17H2,1-2H3. The molecule has 1 atom stereocenters. The third-order valence-corrected chi connectivity index (χ3v) is 6.78. The SMILES string of the molecule is CC(C)N(CC1CCN(C(=O)C2CC2)C1)C(=O)c1ccc(-c2ccc3occc3c2)cc1. The summed E-state index contributed by atoms with van der Waals surface area (Å²) in [6, 6.07) is 16.1. The van der Waals surface area contributed by atoms with E-state index in [9.17, 15) is 9.59 Å². The minimum Gasteiger partial charge on any atom is -0.464 e. The van der Waals surface area contributed by atoms with Crippen LogP contribution in [0.25, 0.3) is 22.1 Å². The highest BCUT2D eigenvalue weighted by atomic mass is 16.3. The molecule has 2 aliphatic rings. The van der Waals surface area contributed by atoms with Crippen LogP contribution >= 0.6 is 0 Å². The third kappa shape index (κ3) is 4.16. The fraction of sp³-hybridized carbons (Fsp3) is 0.407. The molecule has 0 spiro atoms. The lowest BCUT2D eigenvalue weighted by molar-refractivity contribution is -0.131. The quantitative estimate of drug-likeness (QED) is 0.539. The lowest BCUT2D eigenvalue weighted by Gasteiger charge is -2.30. The fourth-order valence-corrected chi connectivity index (χ4v) is 4.69. The highest BCUT2D eigenvalue weighted by Crippen LogP contribution is 2.33. The molecule has 32 heavy (non-hydrogen) atoms. The number of carbonyl (C=O) groups is 2. The number of hydrogen-bond acceptors (Lipinski definition) is 3. The summed E-state index contributed by atoms with van der Waals surface area (Å²) in [5, 5.41) is 1.07. The molecule has 1 aromatic heterocycles. The Bertz CT molecular complexity index is 1130. The number of carbonyl (C=O) groups excluding carboxylic acids is 2. The average molecular weight is 431 g/mol. The van der Waals surface area contributed by atoms with Crippen molar-refractivity contribution in [1.29, 1.82) is 0 Å². The molecule has 1 aliphatic heterocycles. The number of fused-ring (bicyclic) bond motifs is 1. The van der Waals surface area contributed by atoms with E-state index in [1.54, 1.807) is 6.26 Å². The van der Waals surface area contributed by atoms with Gasteiger partial charge in [0.25, 0.3) is 5.91 Å². The van der Waals surface area contributed by atoms with Crippen LogP contribution in [0, 0.1) is 11.8 Å². The van der Waals surface area contributed by atoms with Crippen molar-refractivity contribution < 1.29 is 14.0 Å². The maximum atomic E-state index is 13.3. The zero-order chi connectivity index (χ0) is 22.2. The molecule has 2 fully saturated rings. The molecule has 1 saturated heterocycles. The first-order valence-corrected chi connectivity index (χ1v) is 11.7. The Balaban J connectivity index is 1.27. The van der Waals surface area contributed by atoms with Crippen LogP contribution in [0.3, 0.4) is 0 Å². The van der Waals surface area contributed by atoms with Gasteiger partial charge >= 0.3 is 0 Å². The van der Waals surface area contributed by atoms with E-state index in [1.165, 1.54) is 0 Å². The molecule has 2 heterocycles. The first-order chi connectivity index (χ1) is 15.5. The van der Waals surface area contributed by atoms with Gasteiger partial charge in [0.1, 0.15) is 5.58 Å². The lowest BCUT2D eigenvalue weighted by Crippen LogP contribution is -2.41. The van der Waals surface area contributed by atoms with Crippen LogP contribution in [0.2, 0.25) is 0 Å². The van der Waals surface area contributed by atoms with E-state index in [4.69, 9.17) is 4.42 Å². The van der Waals surface area contributed by atoms with Gasteiger partial charge in [-0.2, -0.15) is 0 Å². The summed E-state index contributed by atoms with van der Waals surface area (Å²) in [4.78, 5) is 29.7. The van der Waals surface area contributed by atoms with Crippen molar-refractivity contribution in [2.24, 2.45) is 11.8 Å². The molecule has 0 radical (unpaired) electrons. The molecule has 5 heteroatoms. The van der Waals surface area contributed by atoms with Gasteiger partial charge in [0.2, 0.25) is 5.91 Å². The molecule has 0 bridgehead atoms. The molecule has 5 nitrogen and oxygen atoms in total. The normalized spacial score (nSPS) is 18.5. The Morgan fingerprint density at radius 1 is 1.03 bits per heavy atom. The summed E-state index contributed by atoms with van der Waals surface area (Å²) in [5.41, 5.74) is 3.75. The maximum absolute atomic E-state index is 13.3. The van der Waals surface area contributed by atoms with E-state index in [1.807, 2.05) is 52.3 Å². The topological polar surface area (TPSA) is 53.8 Å². The molecular formula is C27H30N2O3. The van der Waals surface area contributed by atoms with Crippen LogP contribution in [0.5, 0.6) is 0 Å². The van der Waals surface area contributed by atoms with E-state index < -0.39 is 0 Å². The van der Waals surface area contributed by atoms with Crippen LogP contribution in [0.1, 0.15) is 43.5 Å². The number of amides is 2. The molecule has 1 aliphatic carbocycles. The second-order valence-corrected chi connectivity index (χ2v) is 9.52. The van der Waals surface area contributed by atoms with E-state index in [-0.39, 0.29) is 17.9 Å². The summed E-state index contributed by atoms with van der Waals surface area (Å²) >= 11 is 0. The first kappa shape index (κ1) is 20.8. The number of furan rings is 1. The lowest BCUT2D eigenvalue weighted by atomic mass is 10.0. The van der Waals surface area contributed by atoms with Crippen molar-refractivity contribution in [3.63, 3.8) is 0 Å². The van der Waals surface area contributed by atoms with Crippen molar-refractivity contribution in [2.75, 3.05) is 19.6 Å². The van der Waals surface area contributed by atoms with Crippen molar-refractivity contribution in [1.82, 2.24) is 9.80 Å². The molecule has 1 saturated carbocycles. The van der Waals surface area contributed by atoms with Crippen LogP contribution < -0.4 is 0 Å². The van der Waals surface area contributed by atoms with Gasteiger partial charge in [0.15, 0.2) is 0 Å². The van der Waals surface area contributed by atoms with Crippen LogP contribution in [-0.2, 0) is 4.79 Å². The largest absolute Gasteiger partial charge is 0.464 e. The average Bonchev–Trinajstić information content (AvgIpc) is 3.36. The second kappa shape index (κ2) is 8.45. The summed E-state index contributed by atoms with van der Waals surface area (Å²) in [7, 11) is 0. The van der Waals surface area contributed by atoms with Gasteiger partial charge in [0.05, 0.1) is 6.26 Å². The van der Waals surface area contributed by atoms with E-state index in [2.05, 4.69) is 19.9 Å². The Kier molecular flexibility index (Phi) is 5.50. The van der Waals surface area contributed by atoms with Gasteiger partial charge in [-0.3, -0.25) is 9.59 Å². The highest BCUT2D eigenvalue weighted by molar-refractivity contribution is 5.95. The van der Waals surface area contributed by atoms with E-state index >= 15 is 0 Å². The zero-order valence-corrected chi connectivity index (χ0v) is 18.8. The Morgan fingerprint density at radius 2 is 1.78 bits per heavy atom. The molecule has 2 amide bonds. The molecule has 5 rings (SSSR count). The summed E-state index contributed by atoms with van der Waals surface area (Å²) in [6.07, 6.45) is 4.76. The second-order valence-electron chi connectivity index (χ2n) is 9.52. The van der Waals surface area contributed by atoms with Gasteiger partial charge in [-0.15, -0.1) is 0 Å². The number of nitrogens with zero attached hydrogens (tertiary/aromatic N) is 2. The van der Waals surface area contributed by atoms with Crippen LogP contribution in [0.15, 0.2) is 59.2 Å². The van der Waals surface area contributed by atoms with Gasteiger partial charge < -0.3 is 14.2 Å². The van der Waals surface area contributed by atoms with Crippen LogP contribution in [0.4, 0.5) is 0 Å². The first-order valence-electron chi connectivity index (χ1n) is 11.7. The Hall–Kier alpha value is -3.08.